The molecule has 0 aliphatic rings. The fraction of sp³-hybridized carbons (Fsp3) is 0.167. The first-order valence-electron chi connectivity index (χ1n) is 7.93. The molecule has 0 amide bonds. The Morgan fingerprint density at radius 1 is 1.07 bits per heavy atom. The lowest BCUT2D eigenvalue weighted by Gasteiger charge is -2.11. The zero-order valence-electron chi connectivity index (χ0n) is 14.5. The van der Waals surface area contributed by atoms with Crippen LogP contribution < -0.4 is 9.47 Å². The van der Waals surface area contributed by atoms with Crippen molar-refractivity contribution < 1.29 is 32.5 Å². The third-order valence-corrected chi connectivity index (χ3v) is 3.79. The van der Waals surface area contributed by atoms with E-state index in [0.29, 0.717) is 11.3 Å². The molecular weight excluding hydrogens is 379 g/mol. The lowest BCUT2D eigenvalue weighted by Crippen LogP contribution is -2.17. The van der Waals surface area contributed by atoms with Crippen LogP contribution >= 0.6 is 0 Å². The van der Waals surface area contributed by atoms with Crippen LogP contribution in [0.2, 0.25) is 0 Å². The summed E-state index contributed by atoms with van der Waals surface area (Å²) in [6.07, 6.45) is -4.81. The number of halogens is 3. The first-order valence-corrected chi connectivity index (χ1v) is 7.93. The smallest absolute Gasteiger partial charge is 0.497 e. The highest BCUT2D eigenvalue weighted by Crippen LogP contribution is 2.28. The van der Waals surface area contributed by atoms with Crippen molar-refractivity contribution in [2.75, 3.05) is 7.11 Å². The average molecular weight is 393 g/mol. The van der Waals surface area contributed by atoms with Crippen LogP contribution in [0.4, 0.5) is 13.2 Å². The molecule has 0 fully saturated rings. The van der Waals surface area contributed by atoms with Gasteiger partial charge in [0.15, 0.2) is 5.69 Å². The van der Waals surface area contributed by atoms with Crippen molar-refractivity contribution in [1.82, 2.24) is 15.0 Å². The van der Waals surface area contributed by atoms with Crippen LogP contribution in [0, 0.1) is 0 Å². The summed E-state index contributed by atoms with van der Waals surface area (Å²) in [6.45, 7) is 0.209. The van der Waals surface area contributed by atoms with Gasteiger partial charge in [0.2, 0.25) is 0 Å². The number of benzene rings is 2. The second kappa shape index (κ2) is 7.59. The Labute approximate surface area is 156 Å². The molecule has 10 heteroatoms. The van der Waals surface area contributed by atoms with Gasteiger partial charge in [0.05, 0.1) is 13.7 Å². The van der Waals surface area contributed by atoms with Gasteiger partial charge in [0, 0.05) is 5.56 Å². The topological polar surface area (TPSA) is 86.5 Å². The summed E-state index contributed by atoms with van der Waals surface area (Å²) in [5.41, 5.74) is 1.01. The van der Waals surface area contributed by atoms with Crippen LogP contribution in [0.25, 0.3) is 11.3 Å². The quantitative estimate of drug-likeness (QED) is 0.689. The predicted octanol–water partition coefficient (Wildman–Crippen LogP) is 3.60. The number of rotatable bonds is 6. The van der Waals surface area contributed by atoms with Gasteiger partial charge in [-0.15, -0.1) is 18.3 Å². The maximum absolute atomic E-state index is 12.3. The molecule has 7 nitrogen and oxygen atoms in total. The number of hydrogen-bond donors (Lipinski definition) is 1. The molecule has 0 radical (unpaired) electrons. The zero-order chi connectivity index (χ0) is 20.3. The molecule has 0 bridgehead atoms. The van der Waals surface area contributed by atoms with Gasteiger partial charge in [0.1, 0.15) is 17.2 Å². The Balaban J connectivity index is 1.94. The van der Waals surface area contributed by atoms with E-state index in [1.807, 2.05) is 0 Å². The lowest BCUT2D eigenvalue weighted by atomic mass is 10.1. The third kappa shape index (κ3) is 4.40. The molecule has 0 spiro atoms. The molecule has 1 N–H and O–H groups in total. The highest BCUT2D eigenvalue weighted by Gasteiger charge is 2.31. The molecule has 0 saturated heterocycles. The van der Waals surface area contributed by atoms with E-state index in [2.05, 4.69) is 15.0 Å². The van der Waals surface area contributed by atoms with E-state index in [1.54, 1.807) is 24.3 Å². The number of alkyl halides is 3. The van der Waals surface area contributed by atoms with Crippen molar-refractivity contribution in [3.05, 3.63) is 59.8 Å². The minimum atomic E-state index is -4.81. The van der Waals surface area contributed by atoms with Gasteiger partial charge < -0.3 is 14.6 Å². The summed E-state index contributed by atoms with van der Waals surface area (Å²) in [5, 5.41) is 16.9. The molecule has 2 aromatic carbocycles. The molecule has 0 aliphatic carbocycles. The zero-order valence-corrected chi connectivity index (χ0v) is 14.5. The average Bonchev–Trinajstić information content (AvgIpc) is 3.05. The van der Waals surface area contributed by atoms with Crippen LogP contribution in [0.1, 0.15) is 16.1 Å². The molecular formula is C18H14F3N3O4. The minimum Gasteiger partial charge on any atom is -0.497 e. The predicted molar refractivity (Wildman–Crippen MR) is 91.2 cm³/mol. The lowest BCUT2D eigenvalue weighted by molar-refractivity contribution is -0.274. The number of ether oxygens (including phenoxy) is 2. The second-order valence-electron chi connectivity index (χ2n) is 5.67. The maximum atomic E-state index is 12.3. The number of methoxy groups -OCH3 is 1. The van der Waals surface area contributed by atoms with Gasteiger partial charge >= 0.3 is 12.3 Å². The van der Waals surface area contributed by atoms with E-state index in [4.69, 9.17) is 4.74 Å². The first-order chi connectivity index (χ1) is 13.3. The molecule has 146 valence electrons. The summed E-state index contributed by atoms with van der Waals surface area (Å²) in [5.74, 6) is -1.05. The van der Waals surface area contributed by atoms with Crippen molar-refractivity contribution in [2.45, 2.75) is 12.9 Å². The third-order valence-electron chi connectivity index (χ3n) is 3.79. The number of carboxylic acids is 1. The van der Waals surface area contributed by atoms with Crippen molar-refractivity contribution in [3.63, 3.8) is 0 Å². The van der Waals surface area contributed by atoms with E-state index in [-0.39, 0.29) is 17.9 Å². The Bertz CT molecular complexity index is 967. The Kier molecular flexibility index (Phi) is 5.21. The van der Waals surface area contributed by atoms with Crippen LogP contribution in [-0.4, -0.2) is 39.5 Å². The summed E-state index contributed by atoms with van der Waals surface area (Å²) >= 11 is 0. The van der Waals surface area contributed by atoms with Crippen LogP contribution in [0.15, 0.2) is 48.5 Å². The van der Waals surface area contributed by atoms with Gasteiger partial charge in [-0.3, -0.25) is 0 Å². The summed E-state index contributed by atoms with van der Waals surface area (Å²) in [4.78, 5) is 11.5. The van der Waals surface area contributed by atoms with Gasteiger partial charge in [-0.05, 0) is 42.0 Å². The minimum absolute atomic E-state index is 0.168. The fourth-order valence-corrected chi connectivity index (χ4v) is 2.57. The number of carboxylic acid groups (broad SMARTS) is 1. The SMILES string of the molecule is COc1ccc(Cn2nnc(C(=O)O)c2-c2ccc(OC(F)(F)F)cc2)cc1. The van der Waals surface area contributed by atoms with E-state index in [0.717, 1.165) is 17.7 Å². The fourth-order valence-electron chi connectivity index (χ4n) is 2.57. The van der Waals surface area contributed by atoms with Crippen LogP contribution in [-0.2, 0) is 6.54 Å². The first kappa shape index (κ1) is 19.2. The molecule has 0 aliphatic heterocycles. The molecule has 3 aromatic rings. The van der Waals surface area contributed by atoms with E-state index in [9.17, 15) is 23.1 Å². The molecule has 1 heterocycles. The largest absolute Gasteiger partial charge is 0.573 e. The van der Waals surface area contributed by atoms with Crippen molar-refractivity contribution >= 4 is 5.97 Å². The van der Waals surface area contributed by atoms with Crippen LogP contribution in [0.3, 0.4) is 0 Å². The van der Waals surface area contributed by atoms with Crippen LogP contribution in [0.5, 0.6) is 11.5 Å². The Morgan fingerprint density at radius 3 is 2.21 bits per heavy atom. The maximum Gasteiger partial charge on any atom is 0.573 e. The number of hydrogen-bond acceptors (Lipinski definition) is 5. The normalized spacial score (nSPS) is 11.3. The van der Waals surface area contributed by atoms with Crippen molar-refractivity contribution in [3.8, 4) is 22.8 Å². The van der Waals surface area contributed by atoms with Gasteiger partial charge in [-0.2, -0.15) is 0 Å². The van der Waals surface area contributed by atoms with E-state index < -0.39 is 18.1 Å². The molecule has 0 unspecified atom stereocenters. The van der Waals surface area contributed by atoms with Crippen molar-refractivity contribution in [2.24, 2.45) is 0 Å². The molecule has 0 atom stereocenters. The van der Waals surface area contributed by atoms with E-state index in [1.165, 1.54) is 23.9 Å². The molecule has 28 heavy (non-hydrogen) atoms. The van der Waals surface area contributed by atoms with E-state index >= 15 is 0 Å². The number of aromatic carboxylic acids is 1. The highest BCUT2D eigenvalue weighted by molar-refractivity contribution is 5.92. The van der Waals surface area contributed by atoms with Crippen molar-refractivity contribution in [1.29, 1.82) is 0 Å². The standard InChI is InChI=1S/C18H14F3N3O4/c1-27-13-6-2-11(3-7-13)10-24-16(15(17(25)26)22-23-24)12-4-8-14(9-5-12)28-18(19,20)21/h2-9H,10H2,1H3,(H,25,26). The number of aromatic nitrogens is 3. The summed E-state index contributed by atoms with van der Waals surface area (Å²) in [7, 11) is 1.54. The Morgan fingerprint density at radius 2 is 1.68 bits per heavy atom. The van der Waals surface area contributed by atoms with Gasteiger partial charge in [0.25, 0.3) is 0 Å². The van der Waals surface area contributed by atoms with Gasteiger partial charge in [-0.1, -0.05) is 17.3 Å². The number of nitrogens with zero attached hydrogens (tertiary/aromatic N) is 3. The second-order valence-corrected chi connectivity index (χ2v) is 5.67. The number of carbonyl (C=O) groups is 1. The monoisotopic (exact) mass is 393 g/mol. The highest BCUT2D eigenvalue weighted by atomic mass is 19.4. The molecule has 0 saturated carbocycles. The Hall–Kier alpha value is -3.56. The molecule has 1 aromatic heterocycles. The molecule has 3 rings (SSSR count). The van der Waals surface area contributed by atoms with Gasteiger partial charge in [-0.25, -0.2) is 9.48 Å². The summed E-state index contributed by atoms with van der Waals surface area (Å²) in [6, 6.07) is 11.9. The summed E-state index contributed by atoms with van der Waals surface area (Å²) < 4.78 is 47.2.